The summed E-state index contributed by atoms with van der Waals surface area (Å²) in [5.74, 6) is 0.429. The number of allylic oxidation sites excluding steroid dienone is 2. The van der Waals surface area contributed by atoms with Crippen molar-refractivity contribution in [3.8, 4) is 0 Å². The number of rotatable bonds is 14. The number of aliphatic hydroxyl groups excluding tert-OH is 2. The van der Waals surface area contributed by atoms with E-state index in [9.17, 15) is 24.6 Å². The lowest BCUT2D eigenvalue weighted by molar-refractivity contribution is -0.137. The van der Waals surface area contributed by atoms with E-state index < -0.39 is 18.2 Å². The second kappa shape index (κ2) is 18.9. The maximum absolute atomic E-state index is 12.5. The molecule has 1 aromatic carbocycles. The van der Waals surface area contributed by atoms with E-state index in [2.05, 4.69) is 27.8 Å². The van der Waals surface area contributed by atoms with Gasteiger partial charge in [0.05, 0.1) is 35.0 Å². The number of hydrogen-bond donors (Lipinski definition) is 3. The molecule has 2 aromatic heterocycles. The summed E-state index contributed by atoms with van der Waals surface area (Å²) in [6.45, 7) is 7.27. The number of aliphatic hydroxyl groups is 2. The summed E-state index contributed by atoms with van der Waals surface area (Å²) in [6, 6.07) is 7.92. The van der Waals surface area contributed by atoms with Crippen molar-refractivity contribution in [2.75, 3.05) is 37.6 Å². The van der Waals surface area contributed by atoms with Crippen LogP contribution in [0.3, 0.4) is 0 Å². The molecule has 1 saturated carbocycles. The van der Waals surface area contributed by atoms with Crippen LogP contribution in [0.25, 0.3) is 11.2 Å². The molecule has 6 rings (SSSR count). The molecular formula is C39H55ClN6O7. The molecule has 53 heavy (non-hydrogen) atoms. The Labute approximate surface area is 315 Å². The van der Waals surface area contributed by atoms with Crippen LogP contribution in [0.2, 0.25) is 5.02 Å². The molecule has 0 radical (unpaired) electrons. The van der Waals surface area contributed by atoms with Crippen LogP contribution in [0.15, 0.2) is 64.2 Å². The standard InChI is InChI=1S/C20H32O5.C19H23ClN6O2/c1-2-3-4-7-14(21)10-11-16-17-12-15(8-5-6-9-20(23)24)25-19(17)13-18(16)22;1-22-17-16(18(27)23(2)19(22)28)26(13-21-17)12-9-24-7-10-25(11-8-24)15-6-4-3-5-14(15)20/h8,10-11,14,16-19,21-22H,2-7,9,12-13H2,1H3,(H,23,24);3-6,13H,7-12H2,1-2H3/b11-10+,15-8-;/t14-,16?,17+,18+,19-;/m0./s1. The highest BCUT2D eigenvalue weighted by molar-refractivity contribution is 6.33. The van der Waals surface area contributed by atoms with Crippen molar-refractivity contribution in [2.45, 2.75) is 89.6 Å². The Balaban J connectivity index is 0.000000206. The van der Waals surface area contributed by atoms with E-state index in [1.807, 2.05) is 41.0 Å². The lowest BCUT2D eigenvalue weighted by Crippen LogP contribution is -2.47. The molecule has 2 aliphatic heterocycles. The van der Waals surface area contributed by atoms with Crippen LogP contribution in [0, 0.1) is 11.8 Å². The van der Waals surface area contributed by atoms with Crippen LogP contribution in [0.5, 0.6) is 0 Å². The molecule has 3 aromatic rings. The molecule has 3 N–H and O–H groups in total. The number of halogens is 1. The molecule has 0 amide bonds. The quantitative estimate of drug-likeness (QED) is 0.160. The number of imidazole rings is 1. The van der Waals surface area contributed by atoms with E-state index in [0.29, 0.717) is 37.0 Å². The summed E-state index contributed by atoms with van der Waals surface area (Å²) in [7, 11) is 3.13. The third-order valence-corrected chi connectivity index (χ3v) is 11.0. The number of benzene rings is 1. The van der Waals surface area contributed by atoms with Gasteiger partial charge >= 0.3 is 11.7 Å². The van der Waals surface area contributed by atoms with Crippen molar-refractivity contribution in [1.29, 1.82) is 0 Å². The summed E-state index contributed by atoms with van der Waals surface area (Å²) in [5, 5.41) is 29.8. The Hall–Kier alpha value is -3.91. The number of para-hydroxylation sites is 1. The van der Waals surface area contributed by atoms with E-state index in [1.165, 1.54) is 11.6 Å². The molecular weight excluding hydrogens is 700 g/mol. The SMILES string of the molecule is CCCCC[C@H](O)/C=C/C1[C@H](O)C[C@@H]2O/C(=C\CCCC(=O)O)C[C@H]12.Cn1c(=O)c2c(ncn2CCN2CCN(c3ccccc3Cl)CC2)n(C)c1=O. The zero-order chi connectivity index (χ0) is 38.1. The number of fused-ring (bicyclic) bond motifs is 2. The van der Waals surface area contributed by atoms with Gasteiger partial charge in [-0.25, -0.2) is 9.78 Å². The summed E-state index contributed by atoms with van der Waals surface area (Å²) >= 11 is 6.31. The van der Waals surface area contributed by atoms with Gasteiger partial charge in [-0.15, -0.1) is 0 Å². The number of aliphatic carboxylic acids is 1. The largest absolute Gasteiger partial charge is 0.495 e. The highest BCUT2D eigenvalue weighted by Gasteiger charge is 2.47. The number of ether oxygens (including phenoxy) is 1. The number of nitrogens with zero attached hydrogens (tertiary/aromatic N) is 6. The Bertz CT molecular complexity index is 1860. The predicted octanol–water partition coefficient (Wildman–Crippen LogP) is 4.32. The molecule has 3 aliphatic rings. The first-order valence-electron chi connectivity index (χ1n) is 18.9. The second-order valence-electron chi connectivity index (χ2n) is 14.4. The van der Waals surface area contributed by atoms with Crippen LogP contribution < -0.4 is 16.1 Å². The van der Waals surface area contributed by atoms with Gasteiger partial charge in [0.2, 0.25) is 0 Å². The van der Waals surface area contributed by atoms with Crippen LogP contribution in [-0.4, -0.2) is 95.9 Å². The van der Waals surface area contributed by atoms with Crippen molar-refractivity contribution in [2.24, 2.45) is 25.9 Å². The van der Waals surface area contributed by atoms with Crippen LogP contribution in [0.4, 0.5) is 5.69 Å². The molecule has 1 unspecified atom stereocenters. The van der Waals surface area contributed by atoms with Gasteiger partial charge in [-0.1, -0.05) is 62.1 Å². The first-order chi connectivity index (χ1) is 25.5. The molecule has 4 heterocycles. The van der Waals surface area contributed by atoms with Crippen LogP contribution >= 0.6 is 11.6 Å². The summed E-state index contributed by atoms with van der Waals surface area (Å²) in [6.07, 6.45) is 13.6. The first kappa shape index (κ1) is 40.3. The van der Waals surface area contributed by atoms with Gasteiger partial charge in [-0.05, 0) is 37.5 Å². The molecule has 5 atom stereocenters. The topological polar surface area (TPSA) is 155 Å². The van der Waals surface area contributed by atoms with Crippen molar-refractivity contribution in [3.63, 3.8) is 0 Å². The maximum atomic E-state index is 12.5. The number of aromatic nitrogens is 4. The van der Waals surface area contributed by atoms with E-state index in [1.54, 1.807) is 13.4 Å². The lowest BCUT2D eigenvalue weighted by atomic mass is 9.90. The third-order valence-electron chi connectivity index (χ3n) is 10.7. The Morgan fingerprint density at radius 3 is 2.55 bits per heavy atom. The molecule has 290 valence electrons. The van der Waals surface area contributed by atoms with E-state index in [4.69, 9.17) is 21.4 Å². The number of carbonyl (C=O) groups is 1. The van der Waals surface area contributed by atoms with Gasteiger partial charge in [-0.2, -0.15) is 0 Å². The molecule has 1 aliphatic carbocycles. The fraction of sp³-hybridized carbons (Fsp3) is 0.590. The van der Waals surface area contributed by atoms with Gasteiger partial charge in [0.25, 0.3) is 5.56 Å². The number of piperazine rings is 1. The number of carboxylic acid groups (broad SMARTS) is 1. The van der Waals surface area contributed by atoms with Crippen LogP contribution in [-0.2, 0) is 30.2 Å². The van der Waals surface area contributed by atoms with Crippen molar-refractivity contribution in [3.05, 3.63) is 80.4 Å². The van der Waals surface area contributed by atoms with Crippen LogP contribution in [0.1, 0.15) is 64.7 Å². The lowest BCUT2D eigenvalue weighted by Gasteiger charge is -2.36. The minimum Gasteiger partial charge on any atom is -0.495 e. The molecule has 3 fully saturated rings. The predicted molar refractivity (Wildman–Crippen MR) is 206 cm³/mol. The Morgan fingerprint density at radius 2 is 1.83 bits per heavy atom. The molecule has 2 saturated heterocycles. The van der Waals surface area contributed by atoms with Gasteiger partial charge in [0.15, 0.2) is 11.2 Å². The fourth-order valence-corrected chi connectivity index (χ4v) is 7.85. The minimum atomic E-state index is -0.770. The van der Waals surface area contributed by atoms with Gasteiger partial charge in [0, 0.05) is 84.5 Å². The van der Waals surface area contributed by atoms with E-state index in [0.717, 1.165) is 85.9 Å². The summed E-state index contributed by atoms with van der Waals surface area (Å²) in [4.78, 5) is 44.0. The zero-order valence-electron chi connectivity index (χ0n) is 31.1. The third kappa shape index (κ3) is 10.2. The first-order valence-corrected chi connectivity index (χ1v) is 19.3. The molecule has 14 heteroatoms. The number of aryl methyl sites for hydroxylation is 1. The van der Waals surface area contributed by atoms with Crippen molar-refractivity contribution >= 4 is 34.4 Å². The average Bonchev–Trinajstić information content (AvgIpc) is 3.83. The second-order valence-corrected chi connectivity index (χ2v) is 14.8. The smallest absolute Gasteiger partial charge is 0.332 e. The highest BCUT2D eigenvalue weighted by atomic mass is 35.5. The Morgan fingerprint density at radius 1 is 1.08 bits per heavy atom. The highest BCUT2D eigenvalue weighted by Crippen LogP contribution is 2.45. The van der Waals surface area contributed by atoms with Crippen molar-refractivity contribution in [1.82, 2.24) is 23.6 Å². The summed E-state index contributed by atoms with van der Waals surface area (Å²) in [5.41, 5.74) is 1.31. The number of hydrogen-bond acceptors (Lipinski definition) is 9. The van der Waals surface area contributed by atoms with E-state index >= 15 is 0 Å². The normalized spacial score (nSPS) is 23.0. The van der Waals surface area contributed by atoms with Gasteiger partial charge in [-0.3, -0.25) is 23.6 Å². The number of anilines is 1. The van der Waals surface area contributed by atoms with Crippen molar-refractivity contribution < 1.29 is 24.9 Å². The monoisotopic (exact) mass is 754 g/mol. The van der Waals surface area contributed by atoms with Gasteiger partial charge < -0.3 is 29.5 Å². The van der Waals surface area contributed by atoms with E-state index in [-0.39, 0.29) is 35.6 Å². The number of unbranched alkanes of at least 4 members (excludes halogenated alkanes) is 3. The molecule has 0 bridgehead atoms. The Kier molecular flexibility index (Phi) is 14.4. The summed E-state index contributed by atoms with van der Waals surface area (Å²) < 4.78 is 10.3. The zero-order valence-corrected chi connectivity index (χ0v) is 31.9. The maximum Gasteiger partial charge on any atom is 0.332 e. The molecule has 0 spiro atoms. The number of carboxylic acids is 1. The van der Waals surface area contributed by atoms with Gasteiger partial charge in [0.1, 0.15) is 6.10 Å². The fourth-order valence-electron chi connectivity index (χ4n) is 7.59. The minimum absolute atomic E-state index is 0.0238. The molecule has 13 nitrogen and oxygen atoms in total. The average molecular weight is 755 g/mol.